The molecular formula is C20H17F4N5O2. The molecule has 3 rings (SSSR count). The van der Waals surface area contributed by atoms with Crippen LogP contribution in [0.3, 0.4) is 0 Å². The third kappa shape index (κ3) is 5.00. The largest absolute Gasteiger partial charge is 0.494 e. The molecule has 3 aromatic rings. The lowest BCUT2D eigenvalue weighted by Crippen LogP contribution is -2.20. The summed E-state index contributed by atoms with van der Waals surface area (Å²) >= 11 is 0. The fourth-order valence-electron chi connectivity index (χ4n) is 2.75. The first-order valence-corrected chi connectivity index (χ1v) is 8.85. The number of nitrogens with zero attached hydrogens (tertiary/aromatic N) is 2. The number of methoxy groups -OCH3 is 1. The SMILES string of the molecule is CNC(=O)c1cnc(Nc2ccc(F)cn2)cc1Nc1cccc(C(F)(F)F)c1OC. The third-order valence-electron chi connectivity index (χ3n) is 4.15. The number of amides is 1. The lowest BCUT2D eigenvalue weighted by atomic mass is 10.1. The minimum absolute atomic E-state index is 0.000430. The molecule has 0 atom stereocenters. The fourth-order valence-corrected chi connectivity index (χ4v) is 2.75. The lowest BCUT2D eigenvalue weighted by Gasteiger charge is -2.18. The Hall–Kier alpha value is -3.89. The van der Waals surface area contributed by atoms with Crippen molar-refractivity contribution in [3.63, 3.8) is 0 Å². The van der Waals surface area contributed by atoms with Gasteiger partial charge in [0.15, 0.2) is 5.75 Å². The number of anilines is 4. The molecule has 0 saturated carbocycles. The van der Waals surface area contributed by atoms with Crippen molar-refractivity contribution in [3.8, 4) is 5.75 Å². The van der Waals surface area contributed by atoms with Gasteiger partial charge in [-0.1, -0.05) is 6.07 Å². The molecule has 0 spiro atoms. The molecule has 1 amide bonds. The van der Waals surface area contributed by atoms with E-state index in [0.717, 1.165) is 19.4 Å². The van der Waals surface area contributed by atoms with E-state index < -0.39 is 29.2 Å². The van der Waals surface area contributed by atoms with E-state index in [9.17, 15) is 22.4 Å². The third-order valence-corrected chi connectivity index (χ3v) is 4.15. The standard InChI is InChI=1S/C20H17F4N5O2/c1-25-19(30)12-10-27-17(29-16-7-6-11(21)9-26-16)8-15(12)28-14-5-3-4-13(18(14)31-2)20(22,23)24/h3-10H,1-2H3,(H,25,30)(H2,26,27,28,29). The summed E-state index contributed by atoms with van der Waals surface area (Å²) in [6, 6.07) is 7.49. The highest BCUT2D eigenvalue weighted by Crippen LogP contribution is 2.41. The minimum atomic E-state index is -4.63. The van der Waals surface area contributed by atoms with Crippen LogP contribution in [0.5, 0.6) is 5.75 Å². The van der Waals surface area contributed by atoms with Crippen molar-refractivity contribution in [1.29, 1.82) is 0 Å². The first kappa shape index (κ1) is 21.8. The predicted octanol–water partition coefficient (Wildman–Crippen LogP) is 4.49. The summed E-state index contributed by atoms with van der Waals surface area (Å²) < 4.78 is 58.0. The van der Waals surface area contributed by atoms with Crippen molar-refractivity contribution >= 4 is 28.9 Å². The average Bonchev–Trinajstić information content (AvgIpc) is 2.74. The highest BCUT2D eigenvalue weighted by Gasteiger charge is 2.35. The number of halogens is 4. The van der Waals surface area contributed by atoms with Crippen LogP contribution in [-0.4, -0.2) is 30.0 Å². The van der Waals surface area contributed by atoms with E-state index in [0.29, 0.717) is 0 Å². The van der Waals surface area contributed by atoms with Gasteiger partial charge in [0.05, 0.1) is 35.8 Å². The first-order chi connectivity index (χ1) is 14.7. The zero-order valence-electron chi connectivity index (χ0n) is 16.3. The van der Waals surface area contributed by atoms with Crippen molar-refractivity contribution in [3.05, 3.63) is 65.7 Å². The van der Waals surface area contributed by atoms with Crippen LogP contribution in [0.15, 0.2) is 48.8 Å². The summed E-state index contributed by atoms with van der Waals surface area (Å²) in [5.41, 5.74) is -0.722. The van der Waals surface area contributed by atoms with E-state index in [1.54, 1.807) is 0 Å². The minimum Gasteiger partial charge on any atom is -0.494 e. The van der Waals surface area contributed by atoms with Crippen LogP contribution < -0.4 is 20.7 Å². The molecule has 1 aromatic carbocycles. The number of rotatable bonds is 6. The molecule has 0 aliphatic heterocycles. The molecule has 2 aromatic heterocycles. The number of hydrogen-bond acceptors (Lipinski definition) is 6. The summed E-state index contributed by atoms with van der Waals surface area (Å²) in [7, 11) is 2.53. The monoisotopic (exact) mass is 435 g/mol. The maximum atomic E-state index is 13.3. The van der Waals surface area contributed by atoms with Crippen molar-refractivity contribution in [2.75, 3.05) is 24.8 Å². The molecule has 0 aliphatic rings. The van der Waals surface area contributed by atoms with Gasteiger partial charge in [0.1, 0.15) is 17.5 Å². The molecule has 11 heteroatoms. The lowest BCUT2D eigenvalue weighted by molar-refractivity contribution is -0.138. The molecule has 0 fully saturated rings. The molecule has 2 heterocycles. The van der Waals surface area contributed by atoms with E-state index in [4.69, 9.17) is 4.74 Å². The number of benzene rings is 1. The summed E-state index contributed by atoms with van der Waals surface area (Å²) in [5.74, 6) is -0.950. The van der Waals surface area contributed by atoms with Crippen LogP contribution >= 0.6 is 0 Å². The Morgan fingerprint density at radius 2 is 1.74 bits per heavy atom. The van der Waals surface area contributed by atoms with E-state index in [1.807, 2.05) is 0 Å². The molecule has 0 saturated heterocycles. The second kappa shape index (κ2) is 8.86. The Bertz CT molecular complexity index is 1090. The summed E-state index contributed by atoms with van der Waals surface area (Å²) in [6.45, 7) is 0. The summed E-state index contributed by atoms with van der Waals surface area (Å²) in [5, 5.41) is 8.09. The van der Waals surface area contributed by atoms with Crippen LogP contribution in [-0.2, 0) is 6.18 Å². The molecule has 0 bridgehead atoms. The highest BCUT2D eigenvalue weighted by atomic mass is 19.4. The van der Waals surface area contributed by atoms with Gasteiger partial charge < -0.3 is 20.7 Å². The Labute approximate surface area is 174 Å². The predicted molar refractivity (Wildman–Crippen MR) is 106 cm³/mol. The number of alkyl halides is 3. The van der Waals surface area contributed by atoms with Gasteiger partial charge in [-0.3, -0.25) is 4.79 Å². The zero-order chi connectivity index (χ0) is 22.6. The quantitative estimate of drug-likeness (QED) is 0.495. The highest BCUT2D eigenvalue weighted by molar-refractivity contribution is 6.00. The molecule has 0 unspecified atom stereocenters. The van der Waals surface area contributed by atoms with E-state index in [-0.39, 0.29) is 28.6 Å². The second-order valence-corrected chi connectivity index (χ2v) is 6.19. The number of carbonyl (C=O) groups excluding carboxylic acids is 1. The molecule has 0 radical (unpaired) electrons. The van der Waals surface area contributed by atoms with Gasteiger partial charge in [0, 0.05) is 19.3 Å². The van der Waals surface area contributed by atoms with Crippen molar-refractivity contribution in [1.82, 2.24) is 15.3 Å². The maximum absolute atomic E-state index is 13.3. The molecule has 3 N–H and O–H groups in total. The van der Waals surface area contributed by atoms with Crippen LogP contribution in [0.4, 0.5) is 40.6 Å². The van der Waals surface area contributed by atoms with Gasteiger partial charge in [-0.05, 0) is 24.3 Å². The fraction of sp³-hybridized carbons (Fsp3) is 0.150. The maximum Gasteiger partial charge on any atom is 0.420 e. The number of ether oxygens (including phenoxy) is 1. The number of pyridine rings is 2. The van der Waals surface area contributed by atoms with E-state index in [1.165, 1.54) is 43.6 Å². The smallest absolute Gasteiger partial charge is 0.420 e. The Balaban J connectivity index is 2.02. The second-order valence-electron chi connectivity index (χ2n) is 6.19. The molecule has 31 heavy (non-hydrogen) atoms. The molecule has 7 nitrogen and oxygen atoms in total. The topological polar surface area (TPSA) is 88.2 Å². The van der Waals surface area contributed by atoms with Crippen LogP contribution in [0.1, 0.15) is 15.9 Å². The van der Waals surface area contributed by atoms with Crippen LogP contribution in [0, 0.1) is 5.82 Å². The number of para-hydroxylation sites is 1. The van der Waals surface area contributed by atoms with Crippen molar-refractivity contribution < 1.29 is 27.1 Å². The Morgan fingerprint density at radius 1 is 1.00 bits per heavy atom. The number of hydrogen-bond donors (Lipinski definition) is 3. The number of nitrogens with one attached hydrogen (secondary N) is 3. The number of carbonyl (C=O) groups is 1. The van der Waals surface area contributed by atoms with Crippen LogP contribution in [0.25, 0.3) is 0 Å². The molecule has 162 valence electrons. The normalized spacial score (nSPS) is 11.0. The average molecular weight is 435 g/mol. The molecule has 0 aliphatic carbocycles. The Kier molecular flexibility index (Phi) is 6.23. The Morgan fingerprint density at radius 3 is 2.35 bits per heavy atom. The van der Waals surface area contributed by atoms with Gasteiger partial charge in [-0.15, -0.1) is 0 Å². The van der Waals surface area contributed by atoms with Crippen molar-refractivity contribution in [2.24, 2.45) is 0 Å². The van der Waals surface area contributed by atoms with Gasteiger partial charge in [-0.25, -0.2) is 14.4 Å². The van der Waals surface area contributed by atoms with Gasteiger partial charge >= 0.3 is 6.18 Å². The number of aromatic nitrogens is 2. The van der Waals surface area contributed by atoms with Gasteiger partial charge in [-0.2, -0.15) is 13.2 Å². The first-order valence-electron chi connectivity index (χ1n) is 8.85. The summed E-state index contributed by atoms with van der Waals surface area (Å²) in [4.78, 5) is 20.2. The van der Waals surface area contributed by atoms with Gasteiger partial charge in [0.25, 0.3) is 5.91 Å². The van der Waals surface area contributed by atoms with E-state index in [2.05, 4.69) is 25.9 Å². The van der Waals surface area contributed by atoms with E-state index >= 15 is 0 Å². The zero-order valence-corrected chi connectivity index (χ0v) is 16.3. The summed E-state index contributed by atoms with van der Waals surface area (Å²) in [6.07, 6.45) is -2.38. The van der Waals surface area contributed by atoms with Crippen LogP contribution in [0.2, 0.25) is 0 Å². The van der Waals surface area contributed by atoms with Crippen molar-refractivity contribution in [2.45, 2.75) is 6.18 Å². The molecular weight excluding hydrogens is 418 g/mol. The van der Waals surface area contributed by atoms with Gasteiger partial charge in [0.2, 0.25) is 0 Å².